The molecule has 0 aliphatic heterocycles. The number of thioether (sulfide) groups is 1. The number of esters is 1. The summed E-state index contributed by atoms with van der Waals surface area (Å²) >= 11 is 1.16. The van der Waals surface area contributed by atoms with Gasteiger partial charge in [-0.3, -0.25) is 14.3 Å². The van der Waals surface area contributed by atoms with E-state index < -0.39 is 23.1 Å². The molecule has 0 saturated carbocycles. The monoisotopic (exact) mass is 418 g/mol. The number of hydrogen-bond acceptors (Lipinski definition) is 7. The van der Waals surface area contributed by atoms with Crippen LogP contribution in [0.3, 0.4) is 0 Å². The molecule has 1 atom stereocenters. The molecule has 9 heteroatoms. The van der Waals surface area contributed by atoms with Gasteiger partial charge in [-0.15, -0.1) is 11.8 Å². The maximum Gasteiger partial charge on any atom is 0.306 e. The average Bonchev–Trinajstić information content (AvgIpc) is 3.13. The minimum atomic E-state index is -0.777. The lowest BCUT2D eigenvalue weighted by Gasteiger charge is -2.17. The Hall–Kier alpha value is -3.07. The number of hydrogen-bond donors (Lipinski definition) is 1. The lowest BCUT2D eigenvalue weighted by Crippen LogP contribution is -2.16. The van der Waals surface area contributed by atoms with Crippen LogP contribution in [0.1, 0.15) is 29.6 Å². The Morgan fingerprint density at radius 2 is 2.14 bits per heavy atom. The number of nitrogens with zero attached hydrogens (tertiary/aromatic N) is 2. The Labute approximate surface area is 170 Å². The summed E-state index contributed by atoms with van der Waals surface area (Å²) in [6.07, 6.45) is 1.38. The van der Waals surface area contributed by atoms with Gasteiger partial charge in [0.05, 0.1) is 25.2 Å². The van der Waals surface area contributed by atoms with Gasteiger partial charge in [0.1, 0.15) is 11.6 Å². The van der Waals surface area contributed by atoms with Gasteiger partial charge in [0, 0.05) is 29.9 Å². The SMILES string of the molecule is COC(=O)CC(c1oc(CSc2ccccc2F)cc(=O)c1O)c1ccnn1C. The van der Waals surface area contributed by atoms with Crippen molar-refractivity contribution in [1.29, 1.82) is 0 Å². The van der Waals surface area contributed by atoms with Crippen LogP contribution in [0.5, 0.6) is 5.75 Å². The predicted octanol–water partition coefficient (Wildman–Crippen LogP) is 3.21. The highest BCUT2D eigenvalue weighted by molar-refractivity contribution is 7.98. The number of aromatic hydroxyl groups is 1. The van der Waals surface area contributed by atoms with Crippen molar-refractivity contribution in [3.05, 3.63) is 75.9 Å². The molecule has 0 bridgehead atoms. The van der Waals surface area contributed by atoms with Gasteiger partial charge in [0.25, 0.3) is 0 Å². The molecular weight excluding hydrogens is 399 g/mol. The molecule has 2 heterocycles. The number of ether oxygens (including phenoxy) is 1. The summed E-state index contributed by atoms with van der Waals surface area (Å²) in [5.74, 6) is -1.93. The van der Waals surface area contributed by atoms with Crippen molar-refractivity contribution in [2.75, 3.05) is 7.11 Å². The standard InChI is InChI=1S/C20H19FN2O5S/c1-23-15(7-8-22-23)13(10-18(25)27-2)20-19(26)16(24)9-12(28-20)11-29-17-6-4-3-5-14(17)21/h3-9,13,26H,10-11H2,1-2H3. The van der Waals surface area contributed by atoms with E-state index in [9.17, 15) is 19.1 Å². The zero-order valence-corrected chi connectivity index (χ0v) is 16.6. The molecular formula is C20H19FN2O5S. The minimum Gasteiger partial charge on any atom is -0.502 e. The lowest BCUT2D eigenvalue weighted by molar-refractivity contribution is -0.141. The molecule has 152 valence electrons. The normalized spacial score (nSPS) is 12.0. The predicted molar refractivity (Wildman–Crippen MR) is 104 cm³/mol. The van der Waals surface area contributed by atoms with Crippen molar-refractivity contribution in [3.63, 3.8) is 0 Å². The number of aromatic nitrogens is 2. The molecule has 0 amide bonds. The Kier molecular flexibility index (Phi) is 6.38. The number of benzene rings is 1. The van der Waals surface area contributed by atoms with Gasteiger partial charge in [0.2, 0.25) is 11.2 Å². The van der Waals surface area contributed by atoms with Crippen LogP contribution in [0.2, 0.25) is 0 Å². The van der Waals surface area contributed by atoms with E-state index in [0.717, 1.165) is 17.8 Å². The first-order chi connectivity index (χ1) is 13.9. The summed E-state index contributed by atoms with van der Waals surface area (Å²) in [6, 6.07) is 9.08. The number of rotatable bonds is 7. The zero-order valence-electron chi connectivity index (χ0n) is 15.8. The second-order valence-corrected chi connectivity index (χ2v) is 7.24. The van der Waals surface area contributed by atoms with Gasteiger partial charge in [-0.05, 0) is 18.2 Å². The van der Waals surface area contributed by atoms with Crippen LogP contribution >= 0.6 is 11.8 Å². The van der Waals surface area contributed by atoms with Crippen LogP contribution < -0.4 is 5.43 Å². The van der Waals surface area contributed by atoms with E-state index in [-0.39, 0.29) is 29.5 Å². The number of carbonyl (C=O) groups excluding carboxylic acids is 1. The minimum absolute atomic E-state index is 0.0596. The van der Waals surface area contributed by atoms with Crippen LogP contribution in [-0.4, -0.2) is 28.0 Å². The maximum absolute atomic E-state index is 13.8. The number of aryl methyl sites for hydroxylation is 1. The first-order valence-electron chi connectivity index (χ1n) is 8.68. The number of halogens is 1. The number of carbonyl (C=O) groups is 1. The zero-order chi connectivity index (χ0) is 21.0. The van der Waals surface area contributed by atoms with Gasteiger partial charge >= 0.3 is 5.97 Å². The molecule has 3 aromatic rings. The van der Waals surface area contributed by atoms with Crippen molar-refractivity contribution in [3.8, 4) is 5.75 Å². The molecule has 0 fully saturated rings. The van der Waals surface area contributed by atoms with E-state index in [0.29, 0.717) is 10.6 Å². The summed E-state index contributed by atoms with van der Waals surface area (Å²) in [6.45, 7) is 0. The fourth-order valence-corrected chi connectivity index (χ4v) is 3.70. The van der Waals surface area contributed by atoms with Crippen molar-refractivity contribution in [2.45, 2.75) is 23.0 Å². The lowest BCUT2D eigenvalue weighted by atomic mass is 9.97. The van der Waals surface area contributed by atoms with E-state index in [1.54, 1.807) is 31.3 Å². The molecule has 0 spiro atoms. The molecule has 0 aliphatic rings. The van der Waals surface area contributed by atoms with Crippen molar-refractivity contribution >= 4 is 17.7 Å². The van der Waals surface area contributed by atoms with Crippen molar-refractivity contribution < 1.29 is 23.4 Å². The summed E-state index contributed by atoms with van der Waals surface area (Å²) in [5, 5.41) is 14.4. The first-order valence-corrected chi connectivity index (χ1v) is 9.67. The Bertz CT molecular complexity index is 1080. The van der Waals surface area contributed by atoms with E-state index in [1.807, 2.05) is 0 Å². The van der Waals surface area contributed by atoms with Crippen LogP contribution in [0.4, 0.5) is 4.39 Å². The maximum atomic E-state index is 13.8. The van der Waals surface area contributed by atoms with Crippen molar-refractivity contribution in [2.24, 2.45) is 7.05 Å². The van der Waals surface area contributed by atoms with Gasteiger partial charge in [-0.1, -0.05) is 12.1 Å². The summed E-state index contributed by atoms with van der Waals surface area (Å²) in [7, 11) is 2.92. The Morgan fingerprint density at radius 3 is 2.79 bits per heavy atom. The van der Waals surface area contributed by atoms with Crippen LogP contribution in [0.15, 0.2) is 56.7 Å². The summed E-state index contributed by atoms with van der Waals surface area (Å²) < 4.78 is 25.9. The largest absolute Gasteiger partial charge is 0.502 e. The highest BCUT2D eigenvalue weighted by Crippen LogP contribution is 2.34. The van der Waals surface area contributed by atoms with Gasteiger partial charge in [-0.2, -0.15) is 5.10 Å². The first kappa shape index (κ1) is 20.7. The topological polar surface area (TPSA) is 94.6 Å². The smallest absolute Gasteiger partial charge is 0.306 e. The van der Waals surface area contributed by atoms with Crippen LogP contribution in [0, 0.1) is 5.82 Å². The molecule has 1 aromatic carbocycles. The molecule has 1 N–H and O–H groups in total. The van der Waals surface area contributed by atoms with E-state index in [2.05, 4.69) is 5.10 Å². The second kappa shape index (κ2) is 8.95. The fourth-order valence-electron chi connectivity index (χ4n) is 2.88. The Balaban J connectivity index is 1.98. The average molecular weight is 418 g/mol. The molecule has 0 saturated heterocycles. The Morgan fingerprint density at radius 1 is 1.38 bits per heavy atom. The molecule has 0 radical (unpaired) electrons. The molecule has 2 aromatic heterocycles. The summed E-state index contributed by atoms with van der Waals surface area (Å²) in [5.41, 5.74) is -0.0832. The third-order valence-corrected chi connectivity index (χ3v) is 5.41. The van der Waals surface area contributed by atoms with Crippen molar-refractivity contribution in [1.82, 2.24) is 9.78 Å². The van der Waals surface area contributed by atoms with Gasteiger partial charge in [-0.25, -0.2) is 4.39 Å². The van der Waals surface area contributed by atoms with Crippen LogP contribution in [0.25, 0.3) is 0 Å². The third kappa shape index (κ3) is 4.68. The highest BCUT2D eigenvalue weighted by Gasteiger charge is 2.28. The third-order valence-electron chi connectivity index (χ3n) is 4.34. The quantitative estimate of drug-likeness (QED) is 0.465. The summed E-state index contributed by atoms with van der Waals surface area (Å²) in [4.78, 5) is 24.7. The van der Waals surface area contributed by atoms with E-state index >= 15 is 0 Å². The van der Waals surface area contributed by atoms with E-state index in [4.69, 9.17) is 9.15 Å². The van der Waals surface area contributed by atoms with Gasteiger partial charge < -0.3 is 14.3 Å². The van der Waals surface area contributed by atoms with Crippen LogP contribution in [-0.2, 0) is 22.3 Å². The highest BCUT2D eigenvalue weighted by atomic mass is 32.2. The van der Waals surface area contributed by atoms with Gasteiger partial charge in [0.15, 0.2) is 5.76 Å². The second-order valence-electron chi connectivity index (χ2n) is 6.22. The molecule has 0 aliphatic carbocycles. The molecule has 7 nitrogen and oxygen atoms in total. The molecule has 3 rings (SSSR count). The number of methoxy groups -OCH3 is 1. The van der Waals surface area contributed by atoms with E-state index in [1.165, 1.54) is 24.1 Å². The molecule has 29 heavy (non-hydrogen) atoms. The molecule has 1 unspecified atom stereocenters. The fraction of sp³-hybridized carbons (Fsp3) is 0.250.